The molecule has 1 aliphatic carbocycles. The van der Waals surface area contributed by atoms with Crippen LogP contribution in [0.1, 0.15) is 93.9 Å². The van der Waals surface area contributed by atoms with Gasteiger partial charge >= 0.3 is 12.1 Å². The third-order valence-corrected chi connectivity index (χ3v) is 14.8. The van der Waals surface area contributed by atoms with Gasteiger partial charge in [-0.3, -0.25) is 9.59 Å². The van der Waals surface area contributed by atoms with Crippen LogP contribution in [0.15, 0.2) is 71.9 Å². The first-order valence-electron chi connectivity index (χ1n) is 24.4. The maximum atomic E-state index is 14.6. The fourth-order valence-electron chi connectivity index (χ4n) is 10.8. The minimum Gasteiger partial charge on any atom is -0.462 e. The number of ether oxygens (including phenoxy) is 12. The summed E-state index contributed by atoms with van der Waals surface area (Å²) in [5.41, 5.74) is -0.128. The average Bonchev–Trinajstić information content (AvgIpc) is 3.65. The van der Waals surface area contributed by atoms with Gasteiger partial charge in [0, 0.05) is 51.7 Å². The Balaban J connectivity index is 1.21. The third kappa shape index (κ3) is 11.1. The second-order valence-electron chi connectivity index (χ2n) is 19.7. The monoisotopic (exact) mass is 954 g/mol. The molecule has 378 valence electrons. The van der Waals surface area contributed by atoms with E-state index in [0.29, 0.717) is 30.4 Å². The molecule has 1 N–H and O–H groups in total. The van der Waals surface area contributed by atoms with Gasteiger partial charge < -0.3 is 61.9 Å². The van der Waals surface area contributed by atoms with Gasteiger partial charge in [-0.1, -0.05) is 83.2 Å². The lowest BCUT2D eigenvalue weighted by Crippen LogP contribution is -2.59. The van der Waals surface area contributed by atoms with Crippen LogP contribution in [0.4, 0.5) is 4.79 Å². The number of methoxy groups -OCH3 is 2. The van der Waals surface area contributed by atoms with Crippen LogP contribution in [0.2, 0.25) is 0 Å². The van der Waals surface area contributed by atoms with E-state index < -0.39 is 103 Å². The molecule has 6 heterocycles. The molecule has 1 spiro atoms. The summed E-state index contributed by atoms with van der Waals surface area (Å²) < 4.78 is 74.7. The second kappa shape index (κ2) is 22.3. The quantitative estimate of drug-likeness (QED) is 0.166. The number of allylic oxidation sites excluding steroid dienone is 2. The molecule has 2 bridgehead atoms. The van der Waals surface area contributed by atoms with E-state index in [9.17, 15) is 19.5 Å². The van der Waals surface area contributed by atoms with E-state index in [1.54, 1.807) is 33.1 Å². The Hall–Kier alpha value is -3.55. The summed E-state index contributed by atoms with van der Waals surface area (Å²) in [4.78, 5) is 40.0. The molecule has 0 aromatic rings. The van der Waals surface area contributed by atoms with Crippen molar-refractivity contribution in [2.75, 3.05) is 27.4 Å². The fourth-order valence-corrected chi connectivity index (χ4v) is 10.8. The lowest BCUT2D eigenvalue weighted by atomic mass is 9.70. The molecule has 0 aromatic carbocycles. The molecule has 0 radical (unpaired) electrons. The highest BCUT2D eigenvalue weighted by molar-refractivity contribution is 5.87. The molecule has 0 aromatic heterocycles. The highest BCUT2D eigenvalue weighted by Gasteiger charge is 2.61. The molecule has 6 aliphatic heterocycles. The van der Waals surface area contributed by atoms with Crippen LogP contribution >= 0.6 is 0 Å². The van der Waals surface area contributed by atoms with Crippen molar-refractivity contribution in [3.05, 3.63) is 71.9 Å². The first-order valence-corrected chi connectivity index (χ1v) is 24.4. The van der Waals surface area contributed by atoms with Gasteiger partial charge in [-0.25, -0.2) is 4.79 Å². The lowest BCUT2D eigenvalue weighted by molar-refractivity contribution is -0.305. The van der Waals surface area contributed by atoms with E-state index in [4.69, 9.17) is 56.8 Å². The molecule has 0 amide bonds. The minimum atomic E-state index is -1.96. The van der Waals surface area contributed by atoms with Crippen molar-refractivity contribution in [2.24, 2.45) is 23.7 Å². The molecule has 16 heteroatoms. The lowest BCUT2D eigenvalue weighted by Gasteiger charge is -2.48. The largest absolute Gasteiger partial charge is 0.509 e. The number of ketones is 1. The third-order valence-electron chi connectivity index (χ3n) is 14.8. The first kappa shape index (κ1) is 52.3. The standard InChI is InChI=1S/C52H74O16/c1-12-21-59-50(55)66-46-32(7)22-38-49(54)63-37-23-36(67-51(26-37)20-19-31(6)45(68-51)28(3)13-2)18-17-30(5)44(29(4)15-14-16-35-27-60-48(46)52(35,38)56)64-42-25-40(58-11)47(34(9)62-42)65-41-24-39(57-10)43(53)33(8)61-41/h12,14-17,19-20,22,28-29,31,33-34,36-42,44-48,56H,1,13,18,21,23-27H2,2-11H3/b15-14+,30-17+,35-16+/t28-,29-,31-,33-,34-,36+,37-,38-,39-,40-,41-,42-,44-,45+,46+,47-,48+,51?,52+/m0/s1. The maximum absolute atomic E-state index is 14.6. The van der Waals surface area contributed by atoms with E-state index >= 15 is 0 Å². The summed E-state index contributed by atoms with van der Waals surface area (Å²) in [7, 11) is 3.13. The number of aliphatic hydroxyl groups is 1. The number of rotatable bonds is 11. The van der Waals surface area contributed by atoms with Crippen LogP contribution in [0, 0.1) is 23.7 Å². The summed E-state index contributed by atoms with van der Waals surface area (Å²) in [5.74, 6) is -3.02. The summed E-state index contributed by atoms with van der Waals surface area (Å²) >= 11 is 0. The van der Waals surface area contributed by atoms with E-state index in [2.05, 4.69) is 39.5 Å². The Morgan fingerprint density at radius 3 is 2.44 bits per heavy atom. The van der Waals surface area contributed by atoms with Gasteiger partial charge in [0.05, 0.1) is 37.1 Å². The van der Waals surface area contributed by atoms with Crippen molar-refractivity contribution in [3.8, 4) is 0 Å². The van der Waals surface area contributed by atoms with Crippen LogP contribution in [0.3, 0.4) is 0 Å². The number of carbonyl (C=O) groups excluding carboxylic acids is 3. The molecule has 16 nitrogen and oxygen atoms in total. The predicted molar refractivity (Wildman–Crippen MR) is 247 cm³/mol. The smallest absolute Gasteiger partial charge is 0.462 e. The highest BCUT2D eigenvalue weighted by Crippen LogP contribution is 2.48. The van der Waals surface area contributed by atoms with Gasteiger partial charge in [0.15, 0.2) is 30.3 Å². The average molecular weight is 955 g/mol. The fraction of sp³-hybridized carbons (Fsp3) is 0.712. The van der Waals surface area contributed by atoms with E-state index in [1.807, 2.05) is 39.0 Å². The van der Waals surface area contributed by atoms with Crippen molar-refractivity contribution >= 4 is 17.9 Å². The topological polar surface area (TPSA) is 182 Å². The zero-order valence-electron chi connectivity index (χ0n) is 41.4. The second-order valence-corrected chi connectivity index (χ2v) is 19.7. The number of carbonyl (C=O) groups is 3. The van der Waals surface area contributed by atoms with Crippen molar-refractivity contribution < 1.29 is 76.3 Å². The molecule has 19 atom stereocenters. The molecule has 0 saturated carbocycles. The Morgan fingerprint density at radius 2 is 1.72 bits per heavy atom. The van der Waals surface area contributed by atoms with Crippen LogP contribution in [0.5, 0.6) is 0 Å². The van der Waals surface area contributed by atoms with E-state index in [-0.39, 0.29) is 55.7 Å². The molecule has 7 rings (SSSR count). The molecule has 1 unspecified atom stereocenters. The zero-order valence-corrected chi connectivity index (χ0v) is 41.4. The van der Waals surface area contributed by atoms with Crippen LogP contribution in [0.25, 0.3) is 0 Å². The van der Waals surface area contributed by atoms with Gasteiger partial charge in [0.1, 0.15) is 48.6 Å². The van der Waals surface area contributed by atoms with Gasteiger partial charge in [-0.2, -0.15) is 0 Å². The summed E-state index contributed by atoms with van der Waals surface area (Å²) in [6.45, 7) is 19.3. The highest BCUT2D eigenvalue weighted by atomic mass is 16.7. The first-order chi connectivity index (χ1) is 32.4. The minimum absolute atomic E-state index is 0.0514. The Bertz CT molecular complexity index is 1980. The molecule has 68 heavy (non-hydrogen) atoms. The summed E-state index contributed by atoms with van der Waals surface area (Å²) in [5, 5.41) is 12.9. The molecular weight excluding hydrogens is 881 g/mol. The Morgan fingerprint density at radius 1 is 0.956 bits per heavy atom. The van der Waals surface area contributed by atoms with Crippen LogP contribution < -0.4 is 0 Å². The number of esters is 1. The Labute approximate surface area is 401 Å². The van der Waals surface area contributed by atoms with Crippen LogP contribution in [-0.2, 0) is 66.4 Å². The van der Waals surface area contributed by atoms with Gasteiger partial charge in [-0.15, -0.1) is 0 Å². The number of Topliss-reactive ketones (excluding diaryl/α,β-unsaturated/α-hetero) is 1. The van der Waals surface area contributed by atoms with E-state index in [0.717, 1.165) is 12.0 Å². The van der Waals surface area contributed by atoms with Crippen LogP contribution in [-0.4, -0.2) is 142 Å². The molecule has 4 saturated heterocycles. The van der Waals surface area contributed by atoms with Crippen molar-refractivity contribution in [1.82, 2.24) is 0 Å². The molecular formula is C52H74O16. The van der Waals surface area contributed by atoms with Gasteiger partial charge in [-0.05, 0) is 62.8 Å². The van der Waals surface area contributed by atoms with Gasteiger partial charge in [0.25, 0.3) is 0 Å². The summed E-state index contributed by atoms with van der Waals surface area (Å²) in [6.07, 6.45) is 8.30. The van der Waals surface area contributed by atoms with Crippen molar-refractivity contribution in [1.29, 1.82) is 0 Å². The van der Waals surface area contributed by atoms with E-state index in [1.165, 1.54) is 13.2 Å². The normalized spacial score (nSPS) is 44.5. The maximum Gasteiger partial charge on any atom is 0.509 e. The Kier molecular flexibility index (Phi) is 17.1. The van der Waals surface area contributed by atoms with Crippen molar-refractivity contribution in [2.45, 2.75) is 185 Å². The number of hydrogen-bond donors (Lipinski definition) is 1. The molecule has 7 aliphatic rings. The number of hydrogen-bond acceptors (Lipinski definition) is 16. The van der Waals surface area contributed by atoms with Crippen molar-refractivity contribution in [3.63, 3.8) is 0 Å². The van der Waals surface area contributed by atoms with Gasteiger partial charge in [0.2, 0.25) is 0 Å². The number of fused-ring (bicyclic) bond motifs is 2. The zero-order chi connectivity index (χ0) is 49.1. The SMILES string of the molecule is C=CCOC(=O)O[C@@H]1C(C)=C[C@H]2C(=O)O[C@H]3C[C@@H](C/C=C(\C)[C@@H](O[C@H]4C[C@H](OC)[C@@H](O[C@H]5C[C@H](OC)C(=O)[C@H](C)O5)[C@H](C)O4)[C@@H](C)/C=C/C=C4\CO[C@H]1[C@@]42O)OC1(C=C[C@H](C)[C@@H]([C@@H](C)CC)O1)C3. The summed E-state index contributed by atoms with van der Waals surface area (Å²) in [6, 6.07) is 0. The predicted octanol–water partition coefficient (Wildman–Crippen LogP) is 6.93. The molecule has 4 fully saturated rings.